The lowest BCUT2D eigenvalue weighted by molar-refractivity contribution is -0.102. The van der Waals surface area contributed by atoms with Crippen LogP contribution in [-0.4, -0.2) is 57.1 Å². The second-order valence-electron chi connectivity index (χ2n) is 12.9. The summed E-state index contributed by atoms with van der Waals surface area (Å²) in [5, 5.41) is 10.7. The van der Waals surface area contributed by atoms with E-state index in [9.17, 15) is 14.7 Å². The molecule has 6 aliphatic rings. The highest BCUT2D eigenvalue weighted by atomic mass is 16.3. The maximum Gasteiger partial charge on any atom is 0.270 e. The fraction of sp³-hybridized carbons (Fsp3) is 0.613. The van der Waals surface area contributed by atoms with Gasteiger partial charge in [0.05, 0.1) is 0 Å². The first kappa shape index (κ1) is 22.4. The second-order valence-corrected chi connectivity index (χ2v) is 12.9. The Labute approximate surface area is 218 Å². The van der Waals surface area contributed by atoms with E-state index in [1.54, 1.807) is 16.7 Å². The van der Waals surface area contributed by atoms with Gasteiger partial charge in [0.15, 0.2) is 0 Å². The summed E-state index contributed by atoms with van der Waals surface area (Å²) >= 11 is 0. The van der Waals surface area contributed by atoms with Gasteiger partial charge in [-0.2, -0.15) is 0 Å². The molecule has 2 aliphatic heterocycles. The number of pyridine rings is 1. The van der Waals surface area contributed by atoms with Crippen molar-refractivity contribution in [3.05, 3.63) is 63.6 Å². The summed E-state index contributed by atoms with van der Waals surface area (Å²) in [5.41, 5.74) is 3.53. The van der Waals surface area contributed by atoms with Crippen molar-refractivity contribution >= 4 is 5.91 Å². The highest BCUT2D eigenvalue weighted by Gasteiger charge is 2.76. The molecule has 3 saturated carbocycles. The van der Waals surface area contributed by atoms with Gasteiger partial charge in [-0.05, 0) is 111 Å². The number of likely N-dealkylation sites (tertiary alicyclic amines) is 2. The molecule has 6 heteroatoms. The van der Waals surface area contributed by atoms with Gasteiger partial charge in [-0.25, -0.2) is 0 Å². The predicted molar refractivity (Wildman–Crippen MR) is 141 cm³/mol. The van der Waals surface area contributed by atoms with Crippen molar-refractivity contribution in [2.24, 2.45) is 23.2 Å². The van der Waals surface area contributed by atoms with E-state index in [0.29, 0.717) is 35.9 Å². The first-order valence-electron chi connectivity index (χ1n) is 14.5. The number of rotatable bonds is 4. The molecule has 0 radical (unpaired) electrons. The van der Waals surface area contributed by atoms with Crippen LogP contribution >= 0.6 is 0 Å². The molecular formula is C31H37N3O3. The quantitative estimate of drug-likeness (QED) is 0.695. The third-order valence-electron chi connectivity index (χ3n) is 11.6. The summed E-state index contributed by atoms with van der Waals surface area (Å²) in [7, 11) is 0. The van der Waals surface area contributed by atoms with Crippen LogP contribution in [0.15, 0.2) is 41.2 Å². The molecule has 37 heavy (non-hydrogen) atoms. The molecule has 6 nitrogen and oxygen atoms in total. The van der Waals surface area contributed by atoms with Gasteiger partial charge in [-0.1, -0.05) is 12.1 Å². The summed E-state index contributed by atoms with van der Waals surface area (Å²) in [6, 6.07) is 12.0. The number of nitrogens with zero attached hydrogens (tertiary/aromatic N) is 3. The smallest absolute Gasteiger partial charge is 0.270 e. The van der Waals surface area contributed by atoms with Crippen LogP contribution in [0, 0.1) is 23.2 Å². The number of carbonyl (C=O) groups is 1. The predicted octanol–water partition coefficient (Wildman–Crippen LogP) is 3.79. The number of aromatic hydroxyl groups is 1. The Morgan fingerprint density at radius 2 is 2.00 bits per heavy atom. The molecule has 3 heterocycles. The molecule has 1 amide bonds. The molecule has 1 aromatic carbocycles. The summed E-state index contributed by atoms with van der Waals surface area (Å²) in [5.74, 6) is 2.21. The van der Waals surface area contributed by atoms with Crippen LogP contribution in [0.4, 0.5) is 0 Å². The van der Waals surface area contributed by atoms with Crippen molar-refractivity contribution in [2.45, 2.75) is 75.9 Å². The van der Waals surface area contributed by atoms with E-state index in [-0.39, 0.29) is 28.3 Å². The molecule has 0 spiro atoms. The number of carbonyl (C=O) groups excluding carboxylic acids is 1. The van der Waals surface area contributed by atoms with Gasteiger partial charge in [0.1, 0.15) is 11.4 Å². The van der Waals surface area contributed by atoms with E-state index in [1.807, 2.05) is 19.1 Å². The van der Waals surface area contributed by atoms with Gasteiger partial charge in [0.25, 0.3) is 11.5 Å². The van der Waals surface area contributed by atoms with E-state index < -0.39 is 0 Å². The summed E-state index contributed by atoms with van der Waals surface area (Å²) < 4.78 is 1.63. The molecule has 4 aliphatic carbocycles. The molecule has 4 bridgehead atoms. The van der Waals surface area contributed by atoms with Crippen molar-refractivity contribution in [3.63, 3.8) is 0 Å². The number of phenols is 1. The van der Waals surface area contributed by atoms with Crippen LogP contribution in [0.2, 0.25) is 0 Å². The summed E-state index contributed by atoms with van der Waals surface area (Å²) in [4.78, 5) is 31.6. The Balaban J connectivity index is 1.24. The van der Waals surface area contributed by atoms with Gasteiger partial charge in [-0.3, -0.25) is 14.5 Å². The van der Waals surface area contributed by atoms with Crippen LogP contribution < -0.4 is 5.56 Å². The third kappa shape index (κ3) is 2.75. The van der Waals surface area contributed by atoms with Gasteiger partial charge in [-0.15, -0.1) is 0 Å². The van der Waals surface area contributed by atoms with Crippen molar-refractivity contribution in [3.8, 4) is 5.75 Å². The Kier molecular flexibility index (Phi) is 4.53. The average Bonchev–Trinajstić information content (AvgIpc) is 3.58. The molecule has 6 atom stereocenters. The fourth-order valence-corrected chi connectivity index (χ4v) is 10.4. The third-order valence-corrected chi connectivity index (χ3v) is 11.6. The monoisotopic (exact) mass is 499 g/mol. The van der Waals surface area contributed by atoms with Crippen LogP contribution in [-0.2, 0) is 18.4 Å². The molecule has 1 N–H and O–H groups in total. The van der Waals surface area contributed by atoms with Gasteiger partial charge < -0.3 is 14.6 Å². The Morgan fingerprint density at radius 1 is 1.14 bits per heavy atom. The first-order chi connectivity index (χ1) is 18.0. The fourth-order valence-electron chi connectivity index (χ4n) is 10.4. The minimum Gasteiger partial charge on any atom is -0.508 e. The molecule has 194 valence electrons. The maximum absolute atomic E-state index is 14.0. The Hall–Kier alpha value is -2.60. The minimum absolute atomic E-state index is 0.0255. The van der Waals surface area contributed by atoms with Crippen molar-refractivity contribution in [1.29, 1.82) is 0 Å². The molecule has 5 fully saturated rings. The molecule has 2 saturated heterocycles. The minimum atomic E-state index is -0.100. The highest BCUT2D eigenvalue weighted by molar-refractivity contribution is 5.93. The number of fused-ring (bicyclic) bond motifs is 1. The van der Waals surface area contributed by atoms with Gasteiger partial charge >= 0.3 is 0 Å². The average molecular weight is 500 g/mol. The molecule has 1 aromatic heterocycles. The second kappa shape index (κ2) is 7.49. The van der Waals surface area contributed by atoms with Gasteiger partial charge in [0.2, 0.25) is 0 Å². The number of aromatic nitrogens is 1. The number of benzene rings is 1. The zero-order valence-corrected chi connectivity index (χ0v) is 21.7. The standard InChI is InChI=1S/C31H37N3O3/c1-2-33-25(4-3-5-27(33)36)29(37)34-18-21-16-30-11-10-24(34)28(21)31(30)12-13-32(17-19-6-7-19)26(30)14-20-8-9-22(35)15-23(20)31/h3-5,8-9,15,19,21,24,26,28,35H,2,6-7,10-14,16-18H2,1H3/t21-,24?,26?,28?,30?,31?/m1/s1. The lowest BCUT2D eigenvalue weighted by Crippen LogP contribution is -2.70. The summed E-state index contributed by atoms with van der Waals surface area (Å²) in [6.45, 7) is 5.63. The van der Waals surface area contributed by atoms with Crippen molar-refractivity contribution in [2.75, 3.05) is 19.6 Å². The highest BCUT2D eigenvalue weighted by Crippen LogP contribution is 2.75. The molecule has 8 rings (SSSR count). The number of piperidine rings is 1. The van der Waals surface area contributed by atoms with Crippen LogP contribution in [0.25, 0.3) is 0 Å². The van der Waals surface area contributed by atoms with E-state index in [4.69, 9.17) is 0 Å². The van der Waals surface area contributed by atoms with Gasteiger partial charge in [0, 0.05) is 43.2 Å². The van der Waals surface area contributed by atoms with Crippen LogP contribution in [0.1, 0.15) is 67.1 Å². The Bertz CT molecular complexity index is 1360. The number of hydrogen-bond donors (Lipinski definition) is 1. The number of amides is 1. The summed E-state index contributed by atoms with van der Waals surface area (Å²) in [6.07, 6.45) is 8.41. The molecular weight excluding hydrogens is 462 g/mol. The molecule has 2 aromatic rings. The Morgan fingerprint density at radius 3 is 2.81 bits per heavy atom. The number of hydrogen-bond acceptors (Lipinski definition) is 4. The zero-order valence-electron chi connectivity index (χ0n) is 21.7. The topological polar surface area (TPSA) is 65.8 Å². The lowest BCUT2D eigenvalue weighted by Gasteiger charge is -2.66. The lowest BCUT2D eigenvalue weighted by atomic mass is 9.43. The van der Waals surface area contributed by atoms with E-state index in [1.165, 1.54) is 36.9 Å². The van der Waals surface area contributed by atoms with Crippen molar-refractivity contribution < 1.29 is 9.90 Å². The first-order valence-corrected chi connectivity index (χ1v) is 14.5. The molecule has 5 unspecified atom stereocenters. The zero-order chi connectivity index (χ0) is 25.1. The number of phenolic OH excluding ortho intramolecular Hbond substituents is 1. The maximum atomic E-state index is 14.0. The van der Waals surface area contributed by atoms with E-state index in [2.05, 4.69) is 21.9 Å². The van der Waals surface area contributed by atoms with Crippen LogP contribution in [0.5, 0.6) is 5.75 Å². The van der Waals surface area contributed by atoms with E-state index in [0.717, 1.165) is 44.7 Å². The van der Waals surface area contributed by atoms with Crippen molar-refractivity contribution in [1.82, 2.24) is 14.4 Å². The largest absolute Gasteiger partial charge is 0.508 e. The van der Waals surface area contributed by atoms with E-state index >= 15 is 0 Å². The normalized spacial score (nSPS) is 37.4. The van der Waals surface area contributed by atoms with Crippen LogP contribution in [0.3, 0.4) is 0 Å². The SMILES string of the molecule is CCn1c(C(=O)N2C[C@H]3CC45CCC2C3C42CCN(CC3CC3)C5Cc3ccc(O)cc32)cccc1=O.